The van der Waals surface area contributed by atoms with Crippen LogP contribution in [0, 0.1) is 18.3 Å². The number of aryl methyl sites for hydroxylation is 1. The first-order valence-electron chi connectivity index (χ1n) is 8.27. The summed E-state index contributed by atoms with van der Waals surface area (Å²) in [5.41, 5.74) is 7.55. The van der Waals surface area contributed by atoms with Crippen LogP contribution in [0.25, 0.3) is 0 Å². The Balaban J connectivity index is 2.02. The summed E-state index contributed by atoms with van der Waals surface area (Å²) in [6.07, 6.45) is 0.365. The van der Waals surface area contributed by atoms with Gasteiger partial charge in [0.15, 0.2) is 0 Å². The van der Waals surface area contributed by atoms with Gasteiger partial charge in [-0.25, -0.2) is 0 Å². The molecule has 3 rings (SSSR count). The van der Waals surface area contributed by atoms with Crippen LogP contribution < -0.4 is 10.6 Å². The fourth-order valence-corrected chi connectivity index (χ4v) is 4.45. The Labute approximate surface area is 176 Å². The molecule has 2 aromatic rings. The van der Waals surface area contributed by atoms with Gasteiger partial charge in [-0.15, -0.1) is 0 Å². The molecule has 1 aliphatic rings. The lowest BCUT2D eigenvalue weighted by molar-refractivity contribution is -0.117. The zero-order valence-corrected chi connectivity index (χ0v) is 17.1. The van der Waals surface area contributed by atoms with Crippen molar-refractivity contribution in [2.45, 2.75) is 18.6 Å². The van der Waals surface area contributed by atoms with Gasteiger partial charge in [-0.05, 0) is 43.2 Å². The zero-order valence-electron chi connectivity index (χ0n) is 14.8. The maximum atomic E-state index is 13.2. The van der Waals surface area contributed by atoms with Crippen molar-refractivity contribution in [1.29, 1.82) is 5.26 Å². The molecule has 0 aliphatic carbocycles. The molecular formula is C20H15Cl2N3O2S. The summed E-state index contributed by atoms with van der Waals surface area (Å²) in [6, 6.07) is 14.2. The van der Waals surface area contributed by atoms with Crippen LogP contribution >= 0.6 is 35.0 Å². The standard InChI is InChI=1S/C20H15Cl2N3O2S/c1-11-2-5-13(6-3-11)25-19(27)17(28-20(25)14(10-23)18(24)26)9-12-4-7-15(21)16(22)8-12/h2-8,17H,9H2,1H3,(H2,24,26)/b20-14-/t17-/m0/s1. The van der Waals surface area contributed by atoms with Gasteiger partial charge in [-0.1, -0.05) is 58.7 Å². The number of nitriles is 1. The maximum Gasteiger partial charge on any atom is 0.262 e. The van der Waals surface area contributed by atoms with E-state index in [2.05, 4.69) is 0 Å². The Kier molecular flexibility index (Phi) is 5.99. The Bertz CT molecular complexity index is 1030. The number of amides is 2. The maximum absolute atomic E-state index is 13.2. The number of nitrogens with two attached hydrogens (primary N) is 1. The quantitative estimate of drug-likeness (QED) is 0.579. The molecule has 0 bridgehead atoms. The van der Waals surface area contributed by atoms with E-state index in [9.17, 15) is 14.9 Å². The molecule has 2 N–H and O–H groups in total. The Morgan fingerprint density at radius 2 is 1.89 bits per heavy atom. The lowest BCUT2D eigenvalue weighted by atomic mass is 10.1. The van der Waals surface area contributed by atoms with E-state index < -0.39 is 11.2 Å². The van der Waals surface area contributed by atoms with E-state index in [1.807, 2.05) is 25.1 Å². The smallest absolute Gasteiger partial charge is 0.262 e. The van der Waals surface area contributed by atoms with Gasteiger partial charge in [-0.2, -0.15) is 5.26 Å². The van der Waals surface area contributed by atoms with Crippen LogP contribution in [0.4, 0.5) is 5.69 Å². The van der Waals surface area contributed by atoms with Crippen molar-refractivity contribution >= 4 is 52.5 Å². The number of carbonyl (C=O) groups excluding carboxylic acids is 2. The number of nitrogens with zero attached hydrogens (tertiary/aromatic N) is 2. The summed E-state index contributed by atoms with van der Waals surface area (Å²) in [5, 5.41) is 9.94. The number of primary amides is 1. The third kappa shape index (κ3) is 4.02. The summed E-state index contributed by atoms with van der Waals surface area (Å²) < 4.78 is 0. The fraction of sp³-hybridized carbons (Fsp3) is 0.150. The minimum absolute atomic E-state index is 0.232. The van der Waals surface area contributed by atoms with E-state index in [1.165, 1.54) is 4.90 Å². The number of carbonyl (C=O) groups is 2. The Morgan fingerprint density at radius 3 is 2.46 bits per heavy atom. The molecule has 1 heterocycles. The van der Waals surface area contributed by atoms with Crippen LogP contribution in [0.5, 0.6) is 0 Å². The average Bonchev–Trinajstić information content (AvgIpc) is 2.95. The fourth-order valence-electron chi connectivity index (χ4n) is 2.81. The molecule has 2 aromatic carbocycles. The summed E-state index contributed by atoms with van der Waals surface area (Å²) >= 11 is 13.2. The highest BCUT2D eigenvalue weighted by atomic mass is 35.5. The molecule has 142 valence electrons. The third-order valence-electron chi connectivity index (χ3n) is 4.22. The van der Waals surface area contributed by atoms with E-state index in [4.69, 9.17) is 28.9 Å². The van der Waals surface area contributed by atoms with Gasteiger partial charge in [0.1, 0.15) is 16.7 Å². The van der Waals surface area contributed by atoms with Crippen LogP contribution in [0.3, 0.4) is 0 Å². The van der Waals surface area contributed by atoms with Crippen LogP contribution in [0.2, 0.25) is 10.0 Å². The lowest BCUT2D eigenvalue weighted by Gasteiger charge is -2.18. The average molecular weight is 432 g/mol. The topological polar surface area (TPSA) is 87.2 Å². The second-order valence-electron chi connectivity index (χ2n) is 6.22. The van der Waals surface area contributed by atoms with E-state index >= 15 is 0 Å². The van der Waals surface area contributed by atoms with Crippen molar-refractivity contribution < 1.29 is 9.59 Å². The first kappa shape index (κ1) is 20.3. The SMILES string of the molecule is Cc1ccc(N2C(=O)[C@H](Cc3ccc(Cl)c(Cl)c3)S/C2=C(/C#N)C(N)=O)cc1. The van der Waals surface area contributed by atoms with Crippen LogP contribution in [0.1, 0.15) is 11.1 Å². The minimum atomic E-state index is -0.870. The molecule has 0 aromatic heterocycles. The van der Waals surface area contributed by atoms with Crippen molar-refractivity contribution in [3.05, 3.63) is 74.2 Å². The summed E-state index contributed by atoms with van der Waals surface area (Å²) in [7, 11) is 0. The number of benzene rings is 2. The molecule has 0 radical (unpaired) electrons. The van der Waals surface area contributed by atoms with Gasteiger partial charge in [0.2, 0.25) is 5.91 Å². The molecule has 8 heteroatoms. The molecule has 5 nitrogen and oxygen atoms in total. The van der Waals surface area contributed by atoms with Crippen LogP contribution in [-0.4, -0.2) is 17.1 Å². The summed E-state index contributed by atoms with van der Waals surface area (Å²) in [6.45, 7) is 1.93. The normalized spacial score (nSPS) is 18.1. The van der Waals surface area contributed by atoms with Crippen molar-refractivity contribution in [3.8, 4) is 6.07 Å². The molecule has 0 saturated carbocycles. The molecule has 2 amide bonds. The van der Waals surface area contributed by atoms with E-state index in [1.54, 1.807) is 30.3 Å². The first-order valence-corrected chi connectivity index (χ1v) is 9.90. The van der Waals surface area contributed by atoms with Gasteiger partial charge in [0.05, 0.1) is 15.3 Å². The van der Waals surface area contributed by atoms with Crippen molar-refractivity contribution in [2.75, 3.05) is 4.90 Å². The number of halogens is 2. The molecule has 28 heavy (non-hydrogen) atoms. The number of rotatable bonds is 4. The molecule has 1 fully saturated rings. The van der Waals surface area contributed by atoms with Crippen LogP contribution in [-0.2, 0) is 16.0 Å². The summed E-state index contributed by atoms with van der Waals surface area (Å²) in [4.78, 5) is 26.3. The van der Waals surface area contributed by atoms with E-state index in [0.717, 1.165) is 22.9 Å². The van der Waals surface area contributed by atoms with Gasteiger partial charge < -0.3 is 5.73 Å². The third-order valence-corrected chi connectivity index (χ3v) is 6.22. The van der Waals surface area contributed by atoms with Gasteiger partial charge in [0.25, 0.3) is 5.91 Å². The first-order chi connectivity index (χ1) is 13.3. The van der Waals surface area contributed by atoms with Crippen LogP contribution in [0.15, 0.2) is 53.1 Å². The predicted molar refractivity (Wildman–Crippen MR) is 112 cm³/mol. The molecular weight excluding hydrogens is 417 g/mol. The van der Waals surface area contributed by atoms with E-state index in [0.29, 0.717) is 22.2 Å². The minimum Gasteiger partial charge on any atom is -0.365 e. The van der Waals surface area contributed by atoms with Gasteiger partial charge >= 0.3 is 0 Å². The van der Waals surface area contributed by atoms with E-state index in [-0.39, 0.29) is 16.5 Å². The number of hydrogen-bond donors (Lipinski definition) is 1. The Morgan fingerprint density at radius 1 is 1.21 bits per heavy atom. The van der Waals surface area contributed by atoms with Crippen molar-refractivity contribution in [1.82, 2.24) is 0 Å². The number of hydrogen-bond acceptors (Lipinski definition) is 4. The zero-order chi connectivity index (χ0) is 20.4. The largest absolute Gasteiger partial charge is 0.365 e. The Hall–Kier alpha value is -2.46. The van der Waals surface area contributed by atoms with Gasteiger partial charge in [-0.3, -0.25) is 14.5 Å². The predicted octanol–water partition coefficient (Wildman–Crippen LogP) is 4.21. The van der Waals surface area contributed by atoms with Crippen molar-refractivity contribution in [3.63, 3.8) is 0 Å². The molecule has 1 atom stereocenters. The highest BCUT2D eigenvalue weighted by molar-refractivity contribution is 8.05. The second kappa shape index (κ2) is 8.27. The highest BCUT2D eigenvalue weighted by Gasteiger charge is 2.40. The molecule has 0 spiro atoms. The summed E-state index contributed by atoms with van der Waals surface area (Å²) in [5.74, 6) is -1.10. The number of thioether (sulfide) groups is 1. The molecule has 1 aliphatic heterocycles. The molecule has 0 unspecified atom stereocenters. The monoisotopic (exact) mass is 431 g/mol. The second-order valence-corrected chi connectivity index (χ2v) is 8.23. The highest BCUT2D eigenvalue weighted by Crippen LogP contribution is 2.42. The lowest BCUT2D eigenvalue weighted by Crippen LogP contribution is -2.31. The molecule has 1 saturated heterocycles. The van der Waals surface area contributed by atoms with Crippen molar-refractivity contribution in [2.24, 2.45) is 5.73 Å². The number of anilines is 1. The van der Waals surface area contributed by atoms with Gasteiger partial charge in [0, 0.05) is 5.69 Å².